The van der Waals surface area contributed by atoms with Crippen molar-refractivity contribution in [2.24, 2.45) is 5.73 Å². The number of nitrogens with one attached hydrogen (secondary N) is 1. The normalized spacial score (nSPS) is 21.5. The van der Waals surface area contributed by atoms with Gasteiger partial charge in [-0.3, -0.25) is 10.1 Å². The van der Waals surface area contributed by atoms with Gasteiger partial charge >= 0.3 is 13.3 Å². The van der Waals surface area contributed by atoms with Crippen molar-refractivity contribution in [3.8, 4) is 0 Å². The van der Waals surface area contributed by atoms with Gasteiger partial charge in [0.15, 0.2) is 0 Å². The molecule has 1 atom stereocenters. The first-order chi connectivity index (χ1) is 6.22. The van der Waals surface area contributed by atoms with E-state index in [2.05, 4.69) is 9.97 Å². The largest absolute Gasteiger partial charge is 0.713 e. The number of carbonyl (C=O) groups is 1. The van der Waals surface area contributed by atoms with Crippen molar-refractivity contribution in [1.82, 2.24) is 5.32 Å². The summed E-state index contributed by atoms with van der Waals surface area (Å²) >= 11 is 0. The molecule has 4 N–H and O–H groups in total. The number of carbonyl (C=O) groups excluding carboxylic acids is 1. The maximum absolute atomic E-state index is 10.6. The van der Waals surface area contributed by atoms with Gasteiger partial charge in [-0.05, 0) is 19.4 Å². The molecule has 0 aromatic rings. The molecule has 1 rings (SSSR count). The summed E-state index contributed by atoms with van der Waals surface area (Å²) in [7, 11) is -1.52. The summed E-state index contributed by atoms with van der Waals surface area (Å²) in [6, 6.07) is 0. The summed E-state index contributed by atoms with van der Waals surface area (Å²) in [4.78, 5) is 10.6. The Morgan fingerprint density at radius 2 is 2.54 bits per heavy atom. The minimum Gasteiger partial charge on any atom is -0.484 e. The Morgan fingerprint density at radius 3 is 3.08 bits per heavy atom. The lowest BCUT2D eigenvalue weighted by Crippen LogP contribution is -2.37. The molecule has 1 aliphatic rings. The molecule has 1 heterocycles. The van der Waals surface area contributed by atoms with Crippen LogP contribution >= 0.6 is 0 Å². The lowest BCUT2D eigenvalue weighted by Gasteiger charge is -2.13. The van der Waals surface area contributed by atoms with Crippen LogP contribution in [0, 0.1) is 0 Å². The van der Waals surface area contributed by atoms with E-state index in [9.17, 15) is 4.79 Å². The number of rotatable bonds is 4. The van der Waals surface area contributed by atoms with Crippen LogP contribution in [0.15, 0.2) is 0 Å². The van der Waals surface area contributed by atoms with E-state index in [1.165, 1.54) is 0 Å². The number of hydrogen-bond donors (Lipinski definition) is 3. The maximum atomic E-state index is 10.6. The number of nitrogens with two attached hydrogens (primary N) is 1. The minimum absolute atomic E-state index is 0.236. The highest BCUT2D eigenvalue weighted by Gasteiger charge is 2.27. The Hall–Kier alpha value is -0.625. The third-order valence-electron chi connectivity index (χ3n) is 1.69. The summed E-state index contributed by atoms with van der Waals surface area (Å²) in [5.41, 5.74) is 4.97. The van der Waals surface area contributed by atoms with E-state index in [1.807, 2.05) is 0 Å². The van der Waals surface area contributed by atoms with Gasteiger partial charge in [-0.2, -0.15) is 0 Å². The first kappa shape index (κ1) is 10.5. The van der Waals surface area contributed by atoms with Gasteiger partial charge < -0.3 is 20.1 Å². The van der Waals surface area contributed by atoms with Crippen LogP contribution in [0.4, 0.5) is 0 Å². The molecule has 1 aliphatic heterocycles. The van der Waals surface area contributed by atoms with Crippen molar-refractivity contribution in [2.45, 2.75) is 19.1 Å². The molecule has 1 unspecified atom stereocenters. The molecular weight excluding hydrogens is 175 g/mol. The second-order valence-electron chi connectivity index (χ2n) is 2.72. The molecule has 74 valence electrons. The zero-order valence-electron chi connectivity index (χ0n) is 7.23. The van der Waals surface area contributed by atoms with Crippen LogP contribution in [0.5, 0.6) is 0 Å². The molecule has 0 aromatic heterocycles. The number of hydrogen-bond acceptors (Lipinski definition) is 6. The Labute approximate surface area is 76.6 Å². The third kappa shape index (κ3) is 3.73. The highest BCUT2D eigenvalue weighted by Crippen LogP contribution is 2.06. The minimum atomic E-state index is -1.52. The molecule has 0 bridgehead atoms. The summed E-state index contributed by atoms with van der Waals surface area (Å²) in [6.07, 6.45) is 1.56. The summed E-state index contributed by atoms with van der Waals surface area (Å²) in [5, 5.41) is 12.0. The molecule has 0 amide bonds. The fourth-order valence-corrected chi connectivity index (χ4v) is 1.10. The molecule has 0 spiro atoms. The van der Waals surface area contributed by atoms with Crippen LogP contribution < -0.4 is 11.1 Å². The summed E-state index contributed by atoms with van der Waals surface area (Å²) in [6.45, 7) is 0.584. The molecule has 0 aliphatic carbocycles. The average Bonchev–Trinajstić information content (AvgIpc) is 2.56. The van der Waals surface area contributed by atoms with Crippen LogP contribution in [0.2, 0.25) is 0 Å². The lowest BCUT2D eigenvalue weighted by molar-refractivity contribution is -0.136. The highest BCUT2D eigenvalue weighted by molar-refractivity contribution is 6.37. The van der Waals surface area contributed by atoms with Gasteiger partial charge in [-0.15, -0.1) is 0 Å². The first-order valence-electron chi connectivity index (χ1n) is 4.19. The van der Waals surface area contributed by atoms with E-state index in [0.29, 0.717) is 0 Å². The molecule has 13 heavy (non-hydrogen) atoms. The van der Waals surface area contributed by atoms with Crippen LogP contribution in [-0.2, 0) is 14.1 Å². The van der Waals surface area contributed by atoms with Gasteiger partial charge in [0, 0.05) is 0 Å². The Kier molecular flexibility index (Phi) is 4.17. The van der Waals surface area contributed by atoms with Crippen molar-refractivity contribution in [1.29, 1.82) is 0 Å². The Morgan fingerprint density at radius 1 is 1.77 bits per heavy atom. The van der Waals surface area contributed by atoms with E-state index >= 15 is 0 Å². The van der Waals surface area contributed by atoms with Crippen molar-refractivity contribution in [3.63, 3.8) is 0 Å². The van der Waals surface area contributed by atoms with E-state index in [0.717, 1.165) is 19.4 Å². The van der Waals surface area contributed by atoms with Gasteiger partial charge in [-0.25, -0.2) is 0 Å². The quantitative estimate of drug-likeness (QED) is 0.450. The topological polar surface area (TPSA) is 93.8 Å². The van der Waals surface area contributed by atoms with Crippen LogP contribution in [0.1, 0.15) is 12.8 Å². The fourth-order valence-electron chi connectivity index (χ4n) is 1.10. The average molecular weight is 188 g/mol. The van der Waals surface area contributed by atoms with Gasteiger partial charge in [0.2, 0.25) is 0 Å². The molecule has 0 aromatic carbocycles. The maximum Gasteiger partial charge on any atom is 0.713 e. The Balaban J connectivity index is 2.16. The molecule has 7 heteroatoms. The standard InChI is InChI=1S/C6H13BN2O4/c8-4-6(10)13-7(11)12-5-2-1-3-9-5/h5,9,11H,1-4,8H2. The Bertz CT molecular complexity index is 174. The zero-order valence-corrected chi connectivity index (χ0v) is 7.23. The van der Waals surface area contributed by atoms with Crippen molar-refractivity contribution in [2.75, 3.05) is 13.1 Å². The highest BCUT2D eigenvalue weighted by atomic mass is 16.7. The van der Waals surface area contributed by atoms with Crippen molar-refractivity contribution < 1.29 is 19.1 Å². The molecule has 1 fully saturated rings. The van der Waals surface area contributed by atoms with Gasteiger partial charge in [0.05, 0.1) is 12.8 Å². The molecule has 0 radical (unpaired) electrons. The lowest BCUT2D eigenvalue weighted by atomic mass is 10.2. The molecule has 0 saturated carbocycles. The summed E-state index contributed by atoms with van der Waals surface area (Å²) in [5.74, 6) is -0.689. The third-order valence-corrected chi connectivity index (χ3v) is 1.69. The van der Waals surface area contributed by atoms with E-state index in [4.69, 9.17) is 15.4 Å². The SMILES string of the molecule is NCC(=O)OB(O)OC1CCCN1. The molecule has 1 saturated heterocycles. The molecular formula is C6H13BN2O4. The monoisotopic (exact) mass is 188 g/mol. The second kappa shape index (κ2) is 5.18. The first-order valence-corrected chi connectivity index (χ1v) is 4.19. The summed E-state index contributed by atoms with van der Waals surface area (Å²) < 4.78 is 9.32. The van der Waals surface area contributed by atoms with E-state index in [-0.39, 0.29) is 12.8 Å². The zero-order chi connectivity index (χ0) is 9.68. The van der Waals surface area contributed by atoms with Gasteiger partial charge in [0.1, 0.15) is 0 Å². The van der Waals surface area contributed by atoms with Gasteiger partial charge in [-0.1, -0.05) is 0 Å². The van der Waals surface area contributed by atoms with Crippen LogP contribution in [0.3, 0.4) is 0 Å². The van der Waals surface area contributed by atoms with Gasteiger partial charge in [0.25, 0.3) is 0 Å². The predicted octanol–water partition coefficient (Wildman–Crippen LogP) is -1.81. The van der Waals surface area contributed by atoms with E-state index < -0.39 is 13.3 Å². The van der Waals surface area contributed by atoms with Crippen LogP contribution in [0.25, 0.3) is 0 Å². The smallest absolute Gasteiger partial charge is 0.484 e. The van der Waals surface area contributed by atoms with Crippen LogP contribution in [-0.4, -0.2) is 37.6 Å². The van der Waals surface area contributed by atoms with E-state index in [1.54, 1.807) is 0 Å². The molecule has 6 nitrogen and oxygen atoms in total. The fraction of sp³-hybridized carbons (Fsp3) is 0.833. The van der Waals surface area contributed by atoms with Crippen molar-refractivity contribution >= 4 is 13.3 Å². The predicted molar refractivity (Wildman–Crippen MR) is 45.2 cm³/mol. The van der Waals surface area contributed by atoms with Crippen molar-refractivity contribution in [3.05, 3.63) is 0 Å². The second-order valence-corrected chi connectivity index (χ2v) is 2.72.